The van der Waals surface area contributed by atoms with Gasteiger partial charge in [0.05, 0.1) is 0 Å². The van der Waals surface area contributed by atoms with Crippen molar-refractivity contribution in [3.63, 3.8) is 0 Å². The summed E-state index contributed by atoms with van der Waals surface area (Å²) in [7, 11) is 0. The number of aryl methyl sites for hydroxylation is 1. The summed E-state index contributed by atoms with van der Waals surface area (Å²) in [6.07, 6.45) is 0.910. The molecular formula is C13H18O2. The summed E-state index contributed by atoms with van der Waals surface area (Å²) in [6.45, 7) is 5.55. The second-order valence-corrected chi connectivity index (χ2v) is 3.88. The Morgan fingerprint density at radius 3 is 2.27 bits per heavy atom. The van der Waals surface area contributed by atoms with E-state index in [1.54, 1.807) is 6.07 Å². The number of hydrogen-bond acceptors (Lipinski definition) is 2. The van der Waals surface area contributed by atoms with E-state index in [4.69, 9.17) is 0 Å². The number of carbonyl (C=O) groups excluding carboxylic acids is 1. The summed E-state index contributed by atoms with van der Waals surface area (Å²) >= 11 is 0. The zero-order valence-corrected chi connectivity index (χ0v) is 9.58. The van der Waals surface area contributed by atoms with Crippen LogP contribution in [-0.2, 0) is 0 Å². The maximum absolute atomic E-state index is 12.1. The molecule has 0 saturated carbocycles. The molecule has 0 atom stereocenters. The van der Waals surface area contributed by atoms with Gasteiger partial charge < -0.3 is 5.11 Å². The van der Waals surface area contributed by atoms with Gasteiger partial charge in [-0.2, -0.15) is 0 Å². The molecule has 1 N–H and O–H groups in total. The average Bonchev–Trinajstić information content (AvgIpc) is 2.28. The lowest BCUT2D eigenvalue weighted by Gasteiger charge is -2.24. The van der Waals surface area contributed by atoms with Crippen molar-refractivity contribution in [2.24, 2.45) is 0 Å². The Hall–Kier alpha value is -1.15. The van der Waals surface area contributed by atoms with Crippen molar-refractivity contribution in [3.8, 4) is 0 Å². The summed E-state index contributed by atoms with van der Waals surface area (Å²) in [4.78, 5) is 12.1. The quantitative estimate of drug-likeness (QED) is 0.769. The minimum atomic E-state index is -1.20. The van der Waals surface area contributed by atoms with Gasteiger partial charge in [-0.05, 0) is 25.3 Å². The first-order valence-corrected chi connectivity index (χ1v) is 5.38. The second-order valence-electron chi connectivity index (χ2n) is 3.88. The van der Waals surface area contributed by atoms with Crippen LogP contribution >= 0.6 is 0 Å². The van der Waals surface area contributed by atoms with Gasteiger partial charge in [-0.25, -0.2) is 0 Å². The first kappa shape index (κ1) is 11.9. The summed E-state index contributed by atoms with van der Waals surface area (Å²) < 4.78 is 0. The zero-order valence-electron chi connectivity index (χ0n) is 9.58. The van der Waals surface area contributed by atoms with Crippen LogP contribution in [0.1, 0.15) is 42.6 Å². The molecule has 2 heteroatoms. The third-order valence-corrected chi connectivity index (χ3v) is 2.98. The van der Waals surface area contributed by atoms with E-state index >= 15 is 0 Å². The lowest BCUT2D eigenvalue weighted by molar-refractivity contribution is 0.0277. The highest BCUT2D eigenvalue weighted by Crippen LogP contribution is 2.22. The lowest BCUT2D eigenvalue weighted by Crippen LogP contribution is -2.37. The molecule has 15 heavy (non-hydrogen) atoms. The average molecular weight is 206 g/mol. The second kappa shape index (κ2) is 4.58. The molecule has 82 valence electrons. The van der Waals surface area contributed by atoms with Crippen LogP contribution in [0.3, 0.4) is 0 Å². The fourth-order valence-electron chi connectivity index (χ4n) is 1.65. The third kappa shape index (κ3) is 2.26. The van der Waals surface area contributed by atoms with Crippen molar-refractivity contribution in [2.45, 2.75) is 39.2 Å². The highest BCUT2D eigenvalue weighted by molar-refractivity contribution is 6.03. The molecule has 0 bridgehead atoms. The molecule has 0 spiro atoms. The van der Waals surface area contributed by atoms with Crippen molar-refractivity contribution in [3.05, 3.63) is 35.4 Å². The van der Waals surface area contributed by atoms with Gasteiger partial charge in [-0.1, -0.05) is 38.1 Å². The molecule has 2 nitrogen and oxygen atoms in total. The van der Waals surface area contributed by atoms with Gasteiger partial charge in [0.1, 0.15) is 5.60 Å². The fourth-order valence-corrected chi connectivity index (χ4v) is 1.65. The number of ketones is 1. The van der Waals surface area contributed by atoms with Gasteiger partial charge in [-0.15, -0.1) is 0 Å². The molecule has 1 aromatic carbocycles. The highest BCUT2D eigenvalue weighted by Gasteiger charge is 2.33. The number of Topliss-reactive ketones (excluding diaryl/α,β-unsaturated/α-hetero) is 1. The van der Waals surface area contributed by atoms with Gasteiger partial charge in [0.15, 0.2) is 5.78 Å². The number of benzene rings is 1. The summed E-state index contributed by atoms with van der Waals surface area (Å²) in [5.74, 6) is -0.161. The van der Waals surface area contributed by atoms with E-state index in [9.17, 15) is 9.90 Å². The van der Waals surface area contributed by atoms with Crippen LogP contribution in [0.4, 0.5) is 0 Å². The Labute approximate surface area is 90.9 Å². The molecule has 0 aliphatic rings. The molecule has 0 amide bonds. The van der Waals surface area contributed by atoms with E-state index in [1.807, 2.05) is 39.0 Å². The summed E-state index contributed by atoms with van der Waals surface area (Å²) in [6, 6.07) is 7.38. The van der Waals surface area contributed by atoms with E-state index in [0.717, 1.165) is 5.56 Å². The monoisotopic (exact) mass is 206 g/mol. The molecule has 1 rings (SSSR count). The minimum absolute atomic E-state index is 0.161. The smallest absolute Gasteiger partial charge is 0.194 e. The molecule has 0 aliphatic heterocycles. The fraction of sp³-hybridized carbons (Fsp3) is 0.462. The van der Waals surface area contributed by atoms with Crippen molar-refractivity contribution in [1.82, 2.24) is 0 Å². The van der Waals surface area contributed by atoms with E-state index in [1.165, 1.54) is 0 Å². The predicted molar refractivity (Wildman–Crippen MR) is 61.0 cm³/mol. The first-order valence-electron chi connectivity index (χ1n) is 5.38. The number of hydrogen-bond donors (Lipinski definition) is 1. The molecule has 1 aromatic rings. The maximum atomic E-state index is 12.1. The molecule has 0 unspecified atom stereocenters. The van der Waals surface area contributed by atoms with Crippen LogP contribution in [0.2, 0.25) is 0 Å². The molecule has 0 saturated heterocycles. The van der Waals surface area contributed by atoms with Crippen LogP contribution < -0.4 is 0 Å². The van der Waals surface area contributed by atoms with Crippen molar-refractivity contribution < 1.29 is 9.90 Å². The maximum Gasteiger partial charge on any atom is 0.194 e. The third-order valence-electron chi connectivity index (χ3n) is 2.98. The number of carbonyl (C=O) groups is 1. The SMILES string of the molecule is CCC(O)(CC)C(=O)c1ccccc1C. The molecule has 0 fully saturated rings. The molecule has 0 aliphatic carbocycles. The predicted octanol–water partition coefficient (Wildman–Crippen LogP) is 2.73. The number of aliphatic hydroxyl groups is 1. The van der Waals surface area contributed by atoms with Crippen LogP contribution in [0, 0.1) is 6.92 Å². The van der Waals surface area contributed by atoms with Crippen LogP contribution in [0.25, 0.3) is 0 Å². The first-order chi connectivity index (χ1) is 7.05. The van der Waals surface area contributed by atoms with Crippen molar-refractivity contribution >= 4 is 5.78 Å². The van der Waals surface area contributed by atoms with Gasteiger partial charge in [0, 0.05) is 5.56 Å². The topological polar surface area (TPSA) is 37.3 Å². The largest absolute Gasteiger partial charge is 0.382 e. The molecule has 0 radical (unpaired) electrons. The van der Waals surface area contributed by atoms with Crippen molar-refractivity contribution in [2.75, 3.05) is 0 Å². The Morgan fingerprint density at radius 2 is 1.80 bits per heavy atom. The lowest BCUT2D eigenvalue weighted by atomic mass is 9.86. The van der Waals surface area contributed by atoms with Gasteiger partial charge in [-0.3, -0.25) is 4.79 Å². The normalized spacial score (nSPS) is 11.5. The standard InChI is InChI=1S/C13H18O2/c1-4-13(15,5-2)12(14)11-9-7-6-8-10(11)3/h6-9,15H,4-5H2,1-3H3. The van der Waals surface area contributed by atoms with Crippen LogP contribution in [0.15, 0.2) is 24.3 Å². The van der Waals surface area contributed by atoms with Gasteiger partial charge in [0.2, 0.25) is 0 Å². The summed E-state index contributed by atoms with van der Waals surface area (Å²) in [5, 5.41) is 10.1. The Balaban J connectivity index is 3.09. The Morgan fingerprint density at radius 1 is 1.27 bits per heavy atom. The molecular weight excluding hydrogens is 188 g/mol. The van der Waals surface area contributed by atoms with E-state index in [-0.39, 0.29) is 5.78 Å². The van der Waals surface area contributed by atoms with Crippen LogP contribution in [0.5, 0.6) is 0 Å². The molecule has 0 aromatic heterocycles. The minimum Gasteiger partial charge on any atom is -0.382 e. The highest BCUT2D eigenvalue weighted by atomic mass is 16.3. The van der Waals surface area contributed by atoms with E-state index in [0.29, 0.717) is 18.4 Å². The Bertz CT molecular complexity index is 351. The molecule has 0 heterocycles. The zero-order chi connectivity index (χ0) is 11.5. The van der Waals surface area contributed by atoms with Gasteiger partial charge >= 0.3 is 0 Å². The summed E-state index contributed by atoms with van der Waals surface area (Å²) in [5.41, 5.74) is 0.345. The van der Waals surface area contributed by atoms with E-state index < -0.39 is 5.60 Å². The number of rotatable bonds is 4. The van der Waals surface area contributed by atoms with Crippen molar-refractivity contribution in [1.29, 1.82) is 0 Å². The van der Waals surface area contributed by atoms with Gasteiger partial charge in [0.25, 0.3) is 0 Å². The van der Waals surface area contributed by atoms with E-state index in [2.05, 4.69) is 0 Å². The Kier molecular flexibility index (Phi) is 3.64. The van der Waals surface area contributed by atoms with Crippen LogP contribution in [-0.4, -0.2) is 16.5 Å².